The van der Waals surface area contributed by atoms with Crippen molar-refractivity contribution in [2.24, 2.45) is 0 Å². The normalized spacial score (nSPS) is 11.7. The predicted octanol–water partition coefficient (Wildman–Crippen LogP) is -5.64. The van der Waals surface area contributed by atoms with Gasteiger partial charge in [-0.2, -0.15) is 0 Å². The number of rotatable bonds is 3. The van der Waals surface area contributed by atoms with Gasteiger partial charge < -0.3 is 0 Å². The molecule has 0 nitrogen and oxygen atoms in total. The second-order valence-corrected chi connectivity index (χ2v) is 14.8. The van der Waals surface area contributed by atoms with Crippen LogP contribution in [0.25, 0.3) is 87.2 Å². The second-order valence-electron chi connectivity index (χ2n) is 14.8. The van der Waals surface area contributed by atoms with E-state index in [-0.39, 0.29) is 115 Å². The minimum Gasteiger partial charge on any atom is -0.110 e. The third kappa shape index (κ3) is 5.45. The average molecular weight is 704 g/mol. The summed E-state index contributed by atoms with van der Waals surface area (Å²) in [7, 11) is 102. The van der Waals surface area contributed by atoms with Crippen molar-refractivity contribution in [2.45, 2.75) is 0 Å². The zero-order valence-electron chi connectivity index (χ0n) is 31.7. The summed E-state index contributed by atoms with van der Waals surface area (Å²) in [4.78, 5) is 0. The third-order valence-corrected chi connectivity index (χ3v) is 11.9. The molecular formula is C44H13B15. The summed E-state index contributed by atoms with van der Waals surface area (Å²) in [5.41, 5.74) is 3.91. The summed E-state index contributed by atoms with van der Waals surface area (Å²) < 4.78 is 0. The Balaban J connectivity index is 1.59. The zero-order valence-corrected chi connectivity index (χ0v) is 31.7. The molecule has 0 atom stereocenters. The Labute approximate surface area is 363 Å². The molecule has 0 aliphatic carbocycles. The van der Waals surface area contributed by atoms with Crippen molar-refractivity contribution in [1.29, 1.82) is 0 Å². The average Bonchev–Trinajstić information content (AvgIpc) is 3.25. The Morgan fingerprint density at radius 2 is 0.525 bits per heavy atom. The molecule has 0 N–H and O–H groups in total. The highest BCUT2D eigenvalue weighted by molar-refractivity contribution is 6.75. The van der Waals surface area contributed by atoms with Crippen molar-refractivity contribution in [3.05, 3.63) is 78.9 Å². The van der Waals surface area contributed by atoms with Crippen LogP contribution in [0.15, 0.2) is 78.9 Å². The topological polar surface area (TPSA) is 0 Å². The predicted molar refractivity (Wildman–Crippen MR) is 271 cm³/mol. The molecule has 9 aromatic rings. The van der Waals surface area contributed by atoms with E-state index in [0.717, 1.165) is 32.7 Å². The highest BCUT2D eigenvalue weighted by atomic mass is 14.3. The maximum Gasteiger partial charge on any atom is 0.113 e. The first kappa shape index (κ1) is 39.7. The lowest BCUT2D eigenvalue weighted by Crippen LogP contribution is -2.53. The fourth-order valence-corrected chi connectivity index (χ4v) is 8.85. The van der Waals surface area contributed by atoms with Crippen LogP contribution in [0.5, 0.6) is 0 Å². The van der Waals surface area contributed by atoms with Crippen molar-refractivity contribution >= 4 is 253 Å². The minimum atomic E-state index is -0.0342. The van der Waals surface area contributed by atoms with E-state index in [1.807, 2.05) is 48.5 Å². The molecule has 0 aliphatic rings. The molecule has 59 heavy (non-hydrogen) atoms. The van der Waals surface area contributed by atoms with E-state index < -0.39 is 0 Å². The van der Waals surface area contributed by atoms with Crippen molar-refractivity contribution in [3.63, 3.8) is 0 Å². The number of fused-ring (bicyclic) bond motifs is 5. The van der Waals surface area contributed by atoms with Gasteiger partial charge in [0.15, 0.2) is 0 Å². The quantitative estimate of drug-likeness (QED) is 0.127. The van der Waals surface area contributed by atoms with Crippen LogP contribution in [0, 0.1) is 0 Å². The SMILES string of the molecule is [B]c1c([B])c([B])c2c(-c3c4c([B])c([B])c([B])c([B])c4c(-c4ccc(-c5cccc6ccccc56)c5ccccc45)c4c([B])c([B])c([B])c([B])c34)c([B])c([B])c([B])c2c1[B]. The number of benzene rings is 9. The van der Waals surface area contributed by atoms with Gasteiger partial charge in [0.2, 0.25) is 0 Å². The lowest BCUT2D eigenvalue weighted by Gasteiger charge is -2.32. The molecule has 0 unspecified atom stereocenters. The second kappa shape index (κ2) is 14.2. The van der Waals surface area contributed by atoms with Crippen LogP contribution in [0.3, 0.4) is 0 Å². The smallest absolute Gasteiger partial charge is 0.110 e. The largest absolute Gasteiger partial charge is 0.113 e. The maximum atomic E-state index is 7.10. The van der Waals surface area contributed by atoms with E-state index in [2.05, 4.69) is 30.3 Å². The van der Waals surface area contributed by atoms with E-state index in [4.69, 9.17) is 118 Å². The molecule has 9 rings (SSSR count). The van der Waals surface area contributed by atoms with Gasteiger partial charge in [-0.1, -0.05) is 123 Å². The molecule has 0 spiro atoms. The highest BCUT2D eigenvalue weighted by Crippen LogP contribution is 2.45. The monoisotopic (exact) mass is 706 g/mol. The first-order chi connectivity index (χ1) is 28.1. The summed E-state index contributed by atoms with van der Waals surface area (Å²) in [6.45, 7) is 0. The first-order valence-electron chi connectivity index (χ1n) is 18.4. The molecule has 0 aromatic heterocycles. The summed E-state index contributed by atoms with van der Waals surface area (Å²) >= 11 is 0. The molecule has 0 fully saturated rings. The van der Waals surface area contributed by atoms with Crippen LogP contribution in [-0.4, -0.2) is 118 Å². The minimum absolute atomic E-state index is 0.00210. The fraction of sp³-hybridized carbons (Fsp3) is 0. The molecule has 0 aliphatic heterocycles. The molecule has 0 bridgehead atoms. The summed E-state index contributed by atoms with van der Waals surface area (Å²) in [6, 6.07) is 26.4. The van der Waals surface area contributed by atoms with E-state index in [0.29, 0.717) is 21.9 Å². The van der Waals surface area contributed by atoms with E-state index >= 15 is 0 Å². The van der Waals surface area contributed by atoms with Crippen LogP contribution < -0.4 is 81.9 Å². The number of hydrogen-bond donors (Lipinski definition) is 0. The molecule has 0 saturated heterocycles. The van der Waals surface area contributed by atoms with Crippen molar-refractivity contribution < 1.29 is 0 Å². The first-order valence-corrected chi connectivity index (χ1v) is 18.4. The Bertz CT molecular complexity index is 3300. The molecule has 9 aromatic carbocycles. The van der Waals surface area contributed by atoms with Gasteiger partial charge in [0, 0.05) is 0 Å². The van der Waals surface area contributed by atoms with Crippen molar-refractivity contribution in [3.8, 4) is 33.4 Å². The standard InChI is InChI=1S/C44H13B15/c45-30-23-21(20-13-12-19(17-9-3-4-10-18(17)20)16-11-5-7-14-6-1-2-8-15(14)16)24-26(34(49)42(57)40(55)31(24)46)22(25(23)33(48)41(56)39(30)54)27-28-29(36(51)38(53)32(27)47)37(52)44(59)43(58)35(28)50/h1-13H. The molecule has 15 heteroatoms. The fourth-order valence-electron chi connectivity index (χ4n) is 8.85. The molecule has 0 amide bonds. The van der Waals surface area contributed by atoms with Crippen LogP contribution >= 0.6 is 0 Å². The van der Waals surface area contributed by atoms with Gasteiger partial charge in [0.25, 0.3) is 0 Å². The third-order valence-electron chi connectivity index (χ3n) is 11.9. The van der Waals surface area contributed by atoms with Gasteiger partial charge in [0.05, 0.1) is 0 Å². The molecular weight excluding hydrogens is 691 g/mol. The van der Waals surface area contributed by atoms with E-state index in [9.17, 15) is 0 Å². The molecule has 234 valence electrons. The molecule has 0 saturated carbocycles. The Hall–Kier alpha value is -4.75. The highest BCUT2D eigenvalue weighted by Gasteiger charge is 2.28. The summed E-state index contributed by atoms with van der Waals surface area (Å²) in [5.74, 6) is 0. The lowest BCUT2D eigenvalue weighted by atomic mass is 9.56. The summed E-state index contributed by atoms with van der Waals surface area (Å²) in [6.07, 6.45) is 0. The Morgan fingerprint density at radius 1 is 0.203 bits per heavy atom. The van der Waals surface area contributed by atoms with Gasteiger partial charge in [-0.3, -0.25) is 0 Å². The maximum absolute atomic E-state index is 7.10. The van der Waals surface area contributed by atoms with Crippen molar-refractivity contribution in [1.82, 2.24) is 0 Å². The van der Waals surface area contributed by atoms with E-state index in [1.165, 1.54) is 0 Å². The Kier molecular flexibility index (Phi) is 9.54. The lowest BCUT2D eigenvalue weighted by molar-refractivity contribution is 1.68. The molecule has 0 heterocycles. The van der Waals surface area contributed by atoms with Crippen molar-refractivity contribution in [2.75, 3.05) is 0 Å². The zero-order chi connectivity index (χ0) is 42.1. The van der Waals surface area contributed by atoms with Gasteiger partial charge >= 0.3 is 0 Å². The van der Waals surface area contributed by atoms with Gasteiger partial charge in [0.1, 0.15) is 118 Å². The van der Waals surface area contributed by atoms with E-state index in [1.54, 1.807) is 0 Å². The van der Waals surface area contributed by atoms with Crippen LogP contribution in [0.1, 0.15) is 0 Å². The van der Waals surface area contributed by atoms with Crippen LogP contribution in [0.4, 0.5) is 0 Å². The van der Waals surface area contributed by atoms with Gasteiger partial charge in [-0.25, -0.2) is 0 Å². The van der Waals surface area contributed by atoms with Crippen LogP contribution in [-0.2, 0) is 0 Å². The summed E-state index contributed by atoms with van der Waals surface area (Å²) in [5, 5.41) is 5.61. The number of hydrogen-bond acceptors (Lipinski definition) is 0. The van der Waals surface area contributed by atoms with Crippen LogP contribution in [0.2, 0.25) is 0 Å². The van der Waals surface area contributed by atoms with Gasteiger partial charge in [-0.05, 0) is 87.2 Å². The molecule has 30 radical (unpaired) electrons. The van der Waals surface area contributed by atoms with Gasteiger partial charge in [-0.15, -0.1) is 38.2 Å². The Morgan fingerprint density at radius 3 is 1.02 bits per heavy atom.